The first-order valence-corrected chi connectivity index (χ1v) is 5.41. The van der Waals surface area contributed by atoms with E-state index in [9.17, 15) is 14.5 Å². The molecule has 0 bridgehead atoms. The van der Waals surface area contributed by atoms with E-state index >= 15 is 0 Å². The van der Waals surface area contributed by atoms with Gasteiger partial charge in [-0.3, -0.25) is 9.59 Å². The molecule has 0 spiro atoms. The molecule has 1 amide bonds. The first-order chi connectivity index (χ1) is 8.19. The lowest BCUT2D eigenvalue weighted by molar-refractivity contribution is -0.118. The van der Waals surface area contributed by atoms with E-state index < -0.39 is 5.91 Å². The highest BCUT2D eigenvalue weighted by molar-refractivity contribution is 6.00. The fourth-order valence-corrected chi connectivity index (χ4v) is 1.39. The number of Topliss-reactive ketones (excluding diaryl/α,β-unsaturated/α-hetero) is 1. The maximum absolute atomic E-state index is 11.7. The Morgan fingerprint density at radius 2 is 2.00 bits per heavy atom. The molecule has 0 aliphatic carbocycles. The molecular formula is C12H14N2O3. The second-order valence-corrected chi connectivity index (χ2v) is 3.58. The van der Waals surface area contributed by atoms with E-state index in [0.717, 1.165) is 6.42 Å². The number of nitrogens with zero attached hydrogens (tertiary/aromatic N) is 1. The number of carbonyl (C=O) groups excluding carboxylic acids is 2. The summed E-state index contributed by atoms with van der Waals surface area (Å²) in [7, 11) is 0. The fourth-order valence-electron chi connectivity index (χ4n) is 1.39. The topological polar surface area (TPSA) is 75.6 Å². The van der Waals surface area contributed by atoms with Gasteiger partial charge in [-0.1, -0.05) is 19.1 Å². The first-order valence-electron chi connectivity index (χ1n) is 5.41. The lowest BCUT2D eigenvalue weighted by Gasteiger charge is -2.05. The van der Waals surface area contributed by atoms with Crippen LogP contribution in [0.1, 0.15) is 30.1 Å². The van der Waals surface area contributed by atoms with Crippen molar-refractivity contribution in [1.29, 1.82) is 0 Å². The molecular weight excluding hydrogens is 220 g/mol. The summed E-state index contributed by atoms with van der Waals surface area (Å²) in [4.78, 5) is 33.4. The maximum atomic E-state index is 11.7. The highest BCUT2D eigenvalue weighted by atomic mass is 16.3. The van der Waals surface area contributed by atoms with E-state index in [4.69, 9.17) is 0 Å². The Balaban J connectivity index is 2.64. The third kappa shape index (κ3) is 3.79. The van der Waals surface area contributed by atoms with E-state index in [0.29, 0.717) is 6.42 Å². The summed E-state index contributed by atoms with van der Waals surface area (Å²) >= 11 is 0. The zero-order valence-electron chi connectivity index (χ0n) is 9.60. The number of hydrogen-bond donors (Lipinski definition) is 1. The van der Waals surface area contributed by atoms with E-state index in [1.54, 1.807) is 12.1 Å². The minimum absolute atomic E-state index is 0.0140. The number of rotatable bonds is 6. The molecule has 0 fully saturated rings. The van der Waals surface area contributed by atoms with Gasteiger partial charge in [-0.2, -0.15) is 0 Å². The molecule has 0 unspecified atom stereocenters. The molecule has 5 nitrogen and oxygen atoms in total. The molecule has 5 heteroatoms. The van der Waals surface area contributed by atoms with Gasteiger partial charge in [-0.15, -0.1) is 4.91 Å². The van der Waals surface area contributed by atoms with Crippen LogP contribution in [-0.2, 0) is 4.79 Å². The first kappa shape index (κ1) is 13.0. The molecule has 0 saturated carbocycles. The normalized spacial score (nSPS) is 9.71. The van der Waals surface area contributed by atoms with Crippen LogP contribution in [0, 0.1) is 4.91 Å². The summed E-state index contributed by atoms with van der Waals surface area (Å²) < 4.78 is 0. The minimum atomic E-state index is -0.454. The number of hydrogen-bond acceptors (Lipinski definition) is 4. The van der Waals surface area contributed by atoms with Crippen LogP contribution < -0.4 is 5.32 Å². The van der Waals surface area contributed by atoms with Crippen molar-refractivity contribution in [2.45, 2.75) is 19.8 Å². The number of benzene rings is 1. The Morgan fingerprint density at radius 3 is 2.65 bits per heavy atom. The van der Waals surface area contributed by atoms with Crippen molar-refractivity contribution in [1.82, 2.24) is 5.32 Å². The SMILES string of the molecule is CCCC(=O)CNC(=O)c1ccccc1N=O. The largest absolute Gasteiger partial charge is 0.345 e. The molecule has 0 aliphatic heterocycles. The van der Waals surface area contributed by atoms with Crippen LogP contribution in [0.5, 0.6) is 0 Å². The maximum Gasteiger partial charge on any atom is 0.253 e. The number of amides is 1. The molecule has 0 radical (unpaired) electrons. The molecule has 0 aromatic heterocycles. The predicted octanol–water partition coefficient (Wildman–Crippen LogP) is 2.18. The van der Waals surface area contributed by atoms with Crippen molar-refractivity contribution in [3.8, 4) is 0 Å². The average molecular weight is 234 g/mol. The summed E-state index contributed by atoms with van der Waals surface area (Å²) in [5.41, 5.74) is 0.264. The van der Waals surface area contributed by atoms with Crippen LogP contribution in [0.25, 0.3) is 0 Å². The van der Waals surface area contributed by atoms with Gasteiger partial charge in [0.1, 0.15) is 5.69 Å². The fraction of sp³-hybridized carbons (Fsp3) is 0.333. The summed E-state index contributed by atoms with van der Waals surface area (Å²) in [6.45, 7) is 1.88. The second-order valence-electron chi connectivity index (χ2n) is 3.58. The monoisotopic (exact) mass is 234 g/mol. The Hall–Kier alpha value is -2.04. The molecule has 1 N–H and O–H groups in total. The van der Waals surface area contributed by atoms with Crippen LogP contribution in [0.15, 0.2) is 29.4 Å². The second kappa shape index (κ2) is 6.52. The van der Waals surface area contributed by atoms with Gasteiger partial charge in [0, 0.05) is 6.42 Å². The quantitative estimate of drug-likeness (QED) is 0.766. The summed E-state index contributed by atoms with van der Waals surface area (Å²) in [6, 6.07) is 6.21. The van der Waals surface area contributed by atoms with E-state index in [2.05, 4.69) is 10.5 Å². The summed E-state index contributed by atoms with van der Waals surface area (Å²) in [5.74, 6) is -0.484. The van der Waals surface area contributed by atoms with Gasteiger partial charge in [0.25, 0.3) is 5.91 Å². The van der Waals surface area contributed by atoms with Gasteiger partial charge < -0.3 is 5.32 Å². The minimum Gasteiger partial charge on any atom is -0.345 e. The van der Waals surface area contributed by atoms with Crippen LogP contribution in [0.2, 0.25) is 0 Å². The Morgan fingerprint density at radius 1 is 1.29 bits per heavy atom. The van der Waals surface area contributed by atoms with Crippen molar-refractivity contribution in [2.75, 3.05) is 6.54 Å². The molecule has 1 rings (SSSR count). The Bertz CT molecular complexity index is 430. The predicted molar refractivity (Wildman–Crippen MR) is 64.1 cm³/mol. The molecule has 0 aliphatic rings. The van der Waals surface area contributed by atoms with Crippen molar-refractivity contribution >= 4 is 17.4 Å². The zero-order valence-corrected chi connectivity index (χ0v) is 9.60. The highest BCUT2D eigenvalue weighted by Gasteiger charge is 2.11. The highest BCUT2D eigenvalue weighted by Crippen LogP contribution is 2.17. The number of carbonyl (C=O) groups is 2. The van der Waals surface area contributed by atoms with E-state index in [-0.39, 0.29) is 23.6 Å². The van der Waals surface area contributed by atoms with Gasteiger partial charge in [-0.25, -0.2) is 0 Å². The van der Waals surface area contributed by atoms with Gasteiger partial charge in [0.05, 0.1) is 12.1 Å². The van der Waals surface area contributed by atoms with Gasteiger partial charge in [-0.05, 0) is 23.7 Å². The van der Waals surface area contributed by atoms with Gasteiger partial charge >= 0.3 is 0 Å². The molecule has 1 aromatic carbocycles. The van der Waals surface area contributed by atoms with Gasteiger partial charge in [0.15, 0.2) is 5.78 Å². The van der Waals surface area contributed by atoms with Crippen LogP contribution in [-0.4, -0.2) is 18.2 Å². The lowest BCUT2D eigenvalue weighted by Crippen LogP contribution is -2.29. The Kier molecular flexibility index (Phi) is 5.00. The molecule has 90 valence electrons. The lowest BCUT2D eigenvalue weighted by atomic mass is 10.1. The van der Waals surface area contributed by atoms with Crippen molar-refractivity contribution in [3.05, 3.63) is 34.7 Å². The zero-order chi connectivity index (χ0) is 12.7. The molecule has 0 heterocycles. The summed E-state index contributed by atoms with van der Waals surface area (Å²) in [5, 5.41) is 5.23. The standard InChI is InChI=1S/C12H14N2O3/c1-2-5-9(15)8-13-12(16)10-6-3-4-7-11(10)14-17/h3-4,6-7H,2,5,8H2,1H3,(H,13,16). The third-order valence-electron chi connectivity index (χ3n) is 2.22. The van der Waals surface area contributed by atoms with E-state index in [1.807, 2.05) is 6.92 Å². The van der Waals surface area contributed by atoms with Crippen LogP contribution in [0.4, 0.5) is 5.69 Å². The number of nitroso groups, excluding NO2 is 1. The average Bonchev–Trinajstić information content (AvgIpc) is 2.36. The summed E-state index contributed by atoms with van der Waals surface area (Å²) in [6.07, 6.45) is 1.19. The molecule has 0 atom stereocenters. The van der Waals surface area contributed by atoms with Crippen LogP contribution in [0.3, 0.4) is 0 Å². The van der Waals surface area contributed by atoms with Crippen molar-refractivity contribution in [3.63, 3.8) is 0 Å². The van der Waals surface area contributed by atoms with Gasteiger partial charge in [0.2, 0.25) is 0 Å². The van der Waals surface area contributed by atoms with Crippen molar-refractivity contribution in [2.24, 2.45) is 5.18 Å². The molecule has 17 heavy (non-hydrogen) atoms. The number of nitrogens with one attached hydrogen (secondary N) is 1. The number of ketones is 1. The Labute approximate surface area is 99.2 Å². The third-order valence-corrected chi connectivity index (χ3v) is 2.22. The van der Waals surface area contributed by atoms with Crippen LogP contribution >= 0.6 is 0 Å². The molecule has 1 aromatic rings. The van der Waals surface area contributed by atoms with Crippen molar-refractivity contribution < 1.29 is 9.59 Å². The smallest absolute Gasteiger partial charge is 0.253 e. The molecule has 0 saturated heterocycles. The van der Waals surface area contributed by atoms with E-state index in [1.165, 1.54) is 12.1 Å².